The van der Waals surface area contributed by atoms with Gasteiger partial charge >= 0.3 is 0 Å². The average molecular weight is 426 g/mol. The molecule has 7 nitrogen and oxygen atoms in total. The maximum Gasteiger partial charge on any atom is 0.264 e. The van der Waals surface area contributed by atoms with E-state index in [0.717, 1.165) is 0 Å². The molecule has 0 aliphatic heterocycles. The quantitative estimate of drug-likeness (QED) is 0.491. The van der Waals surface area contributed by atoms with Crippen LogP contribution in [0, 0.1) is 11.6 Å². The van der Waals surface area contributed by atoms with Crippen molar-refractivity contribution in [2.45, 2.75) is 18.8 Å². The predicted octanol–water partition coefficient (Wildman–Crippen LogP) is 2.58. The summed E-state index contributed by atoms with van der Waals surface area (Å²) in [5.74, 6) is -0.779. The van der Waals surface area contributed by atoms with Gasteiger partial charge in [0, 0.05) is 7.05 Å². The number of rotatable bonds is 7. The van der Waals surface area contributed by atoms with E-state index in [0.29, 0.717) is 22.2 Å². The maximum absolute atomic E-state index is 13.3. The molecule has 0 aliphatic rings. The summed E-state index contributed by atoms with van der Waals surface area (Å²) < 4.78 is 35.4. The summed E-state index contributed by atoms with van der Waals surface area (Å²) >= 11 is 0. The van der Waals surface area contributed by atoms with Crippen molar-refractivity contribution in [1.29, 1.82) is 0 Å². The zero-order valence-corrected chi connectivity index (χ0v) is 16.7. The van der Waals surface area contributed by atoms with Crippen molar-refractivity contribution in [2.75, 3.05) is 6.61 Å². The average Bonchev–Trinajstić information content (AvgIpc) is 3.14. The van der Waals surface area contributed by atoms with Crippen molar-refractivity contribution in [3.63, 3.8) is 0 Å². The van der Waals surface area contributed by atoms with Crippen LogP contribution >= 0.6 is 0 Å². The zero-order chi connectivity index (χ0) is 22.0. The number of nitrogens with zero attached hydrogens (tertiary/aromatic N) is 4. The van der Waals surface area contributed by atoms with Crippen molar-refractivity contribution in [3.05, 3.63) is 94.2 Å². The van der Waals surface area contributed by atoms with Crippen molar-refractivity contribution < 1.29 is 18.6 Å². The first-order valence-corrected chi connectivity index (χ1v) is 9.60. The molecule has 0 radical (unpaired) electrons. The van der Waals surface area contributed by atoms with Crippen molar-refractivity contribution >= 4 is 11.0 Å². The smallest absolute Gasteiger partial charge is 0.264 e. The molecule has 0 bridgehead atoms. The summed E-state index contributed by atoms with van der Waals surface area (Å²) in [6, 6.07) is 11.5. The molecule has 0 saturated carbocycles. The first-order chi connectivity index (χ1) is 14.9. The van der Waals surface area contributed by atoms with Gasteiger partial charge in [0.05, 0.1) is 25.5 Å². The monoisotopic (exact) mass is 426 g/mol. The highest BCUT2D eigenvalue weighted by atomic mass is 19.1. The minimum atomic E-state index is -1.02. The highest BCUT2D eigenvalue weighted by Gasteiger charge is 2.18. The van der Waals surface area contributed by atoms with Crippen LogP contribution in [0.1, 0.15) is 17.2 Å². The lowest BCUT2D eigenvalue weighted by molar-refractivity contribution is -0.00103. The number of aliphatic hydroxyl groups excluding tert-OH is 1. The van der Waals surface area contributed by atoms with Gasteiger partial charge in [-0.3, -0.25) is 14.0 Å². The number of aromatic nitrogens is 4. The molecule has 0 spiro atoms. The fourth-order valence-corrected chi connectivity index (χ4v) is 3.34. The van der Waals surface area contributed by atoms with E-state index in [1.165, 1.54) is 46.0 Å². The minimum Gasteiger partial charge on any atom is -0.389 e. The molecule has 31 heavy (non-hydrogen) atoms. The Morgan fingerprint density at radius 2 is 1.61 bits per heavy atom. The summed E-state index contributed by atoms with van der Waals surface area (Å²) in [4.78, 5) is 16.8. The van der Waals surface area contributed by atoms with E-state index in [2.05, 4.69) is 10.1 Å². The molecule has 2 heterocycles. The highest BCUT2D eigenvalue weighted by molar-refractivity contribution is 5.72. The van der Waals surface area contributed by atoms with Gasteiger partial charge in [-0.05, 0) is 35.4 Å². The topological polar surface area (TPSA) is 82.2 Å². The van der Waals surface area contributed by atoms with E-state index < -0.39 is 12.2 Å². The van der Waals surface area contributed by atoms with E-state index in [4.69, 9.17) is 4.74 Å². The number of hydrogen-bond acceptors (Lipinski definition) is 5. The molecule has 0 aliphatic carbocycles. The van der Waals surface area contributed by atoms with Crippen LogP contribution in [0.4, 0.5) is 8.78 Å². The van der Waals surface area contributed by atoms with E-state index in [9.17, 15) is 18.7 Å². The molecular formula is C22H20F2N4O3. The summed E-state index contributed by atoms with van der Waals surface area (Å²) in [5, 5.41) is 14.9. The lowest BCUT2D eigenvalue weighted by Crippen LogP contribution is -2.30. The van der Waals surface area contributed by atoms with Gasteiger partial charge in [0.15, 0.2) is 5.65 Å². The van der Waals surface area contributed by atoms with Crippen LogP contribution in [0.25, 0.3) is 11.0 Å². The molecule has 2 aromatic heterocycles. The summed E-state index contributed by atoms with van der Waals surface area (Å²) in [6.07, 6.45) is 1.12. The predicted molar refractivity (Wildman–Crippen MR) is 109 cm³/mol. The van der Waals surface area contributed by atoms with Crippen molar-refractivity contribution in [3.8, 4) is 0 Å². The first kappa shape index (κ1) is 20.8. The molecule has 1 atom stereocenters. The van der Waals surface area contributed by atoms with Crippen LogP contribution in [0.3, 0.4) is 0 Å². The Labute approximate surface area is 176 Å². The number of benzene rings is 2. The van der Waals surface area contributed by atoms with Crippen LogP contribution in [-0.2, 0) is 18.3 Å². The lowest BCUT2D eigenvalue weighted by atomic mass is 10.0. The molecule has 4 aromatic rings. The van der Waals surface area contributed by atoms with Crippen molar-refractivity contribution in [2.24, 2.45) is 7.05 Å². The second-order valence-electron chi connectivity index (χ2n) is 7.18. The molecule has 1 N–H and O–H groups in total. The number of ether oxygens (including phenoxy) is 1. The zero-order valence-electron chi connectivity index (χ0n) is 16.7. The Hall–Kier alpha value is -3.43. The lowest BCUT2D eigenvalue weighted by Gasteiger charge is -2.21. The third-order valence-corrected chi connectivity index (χ3v) is 4.93. The number of aryl methyl sites for hydroxylation is 1. The Kier molecular flexibility index (Phi) is 5.88. The fraction of sp³-hybridized carbons (Fsp3) is 0.227. The fourth-order valence-electron chi connectivity index (χ4n) is 3.34. The normalized spacial score (nSPS) is 12.5. The third kappa shape index (κ3) is 4.52. The SMILES string of the molecule is Cn1ncc2c(=O)n(CC(O)COC(c3ccc(F)cc3)c3ccc(F)cc3)cnc21. The molecule has 0 amide bonds. The molecule has 9 heteroatoms. The summed E-state index contributed by atoms with van der Waals surface area (Å²) in [7, 11) is 1.69. The highest BCUT2D eigenvalue weighted by Crippen LogP contribution is 2.27. The Morgan fingerprint density at radius 3 is 2.19 bits per heavy atom. The maximum atomic E-state index is 13.3. The van der Waals surface area contributed by atoms with Gasteiger partial charge in [-0.15, -0.1) is 0 Å². The van der Waals surface area contributed by atoms with Crippen LogP contribution in [-0.4, -0.2) is 37.1 Å². The molecule has 160 valence electrons. The van der Waals surface area contributed by atoms with Crippen molar-refractivity contribution in [1.82, 2.24) is 19.3 Å². The van der Waals surface area contributed by atoms with Crippen LogP contribution < -0.4 is 5.56 Å². The molecule has 1 unspecified atom stereocenters. The number of fused-ring (bicyclic) bond motifs is 1. The summed E-state index contributed by atoms with van der Waals surface area (Å²) in [6.45, 7) is -0.146. The Morgan fingerprint density at radius 1 is 1.03 bits per heavy atom. The second kappa shape index (κ2) is 8.75. The van der Waals surface area contributed by atoms with Gasteiger partial charge < -0.3 is 9.84 Å². The van der Waals surface area contributed by atoms with Crippen LogP contribution in [0.2, 0.25) is 0 Å². The van der Waals surface area contributed by atoms with Crippen LogP contribution in [0.15, 0.2) is 65.8 Å². The minimum absolute atomic E-state index is 0.0315. The van der Waals surface area contributed by atoms with Gasteiger partial charge in [-0.1, -0.05) is 24.3 Å². The molecular weight excluding hydrogens is 406 g/mol. The van der Waals surface area contributed by atoms with E-state index >= 15 is 0 Å². The second-order valence-corrected chi connectivity index (χ2v) is 7.18. The standard InChI is InChI=1S/C22H20F2N4O3/c1-27-21-19(10-26-27)22(30)28(13-25-21)11-18(29)12-31-20(14-2-6-16(23)7-3-14)15-4-8-17(24)9-5-15/h2-10,13,18,20,29H,11-12H2,1H3. The van der Waals surface area contributed by atoms with E-state index in [1.54, 1.807) is 31.3 Å². The molecule has 0 saturated heterocycles. The molecule has 4 rings (SSSR count). The first-order valence-electron chi connectivity index (χ1n) is 9.60. The van der Waals surface area contributed by atoms with E-state index in [1.807, 2.05) is 0 Å². The van der Waals surface area contributed by atoms with Gasteiger partial charge in [-0.2, -0.15) is 5.10 Å². The Balaban J connectivity index is 1.51. The number of halogens is 2. The van der Waals surface area contributed by atoms with Gasteiger partial charge in [0.2, 0.25) is 0 Å². The van der Waals surface area contributed by atoms with Crippen LogP contribution in [0.5, 0.6) is 0 Å². The number of hydrogen-bond donors (Lipinski definition) is 1. The number of aliphatic hydroxyl groups is 1. The van der Waals surface area contributed by atoms with Gasteiger partial charge in [0.25, 0.3) is 5.56 Å². The molecule has 2 aromatic carbocycles. The molecule has 0 fully saturated rings. The largest absolute Gasteiger partial charge is 0.389 e. The Bertz CT molecular complexity index is 1190. The van der Waals surface area contributed by atoms with E-state index in [-0.39, 0.29) is 30.3 Å². The third-order valence-electron chi connectivity index (χ3n) is 4.93. The van der Waals surface area contributed by atoms with Gasteiger partial charge in [-0.25, -0.2) is 13.8 Å². The summed E-state index contributed by atoms with van der Waals surface area (Å²) in [5.41, 5.74) is 1.44. The van der Waals surface area contributed by atoms with Gasteiger partial charge in [0.1, 0.15) is 29.5 Å².